The number of imidazole rings is 1. The van der Waals surface area contributed by atoms with E-state index in [0.717, 1.165) is 25.6 Å². The summed E-state index contributed by atoms with van der Waals surface area (Å²) < 4.78 is 2.24. The first-order chi connectivity index (χ1) is 8.90. The molecule has 1 aliphatic rings. The van der Waals surface area contributed by atoms with Gasteiger partial charge in [0.2, 0.25) is 5.95 Å². The first-order valence-corrected chi connectivity index (χ1v) is 7.37. The van der Waals surface area contributed by atoms with Crippen molar-refractivity contribution in [1.82, 2.24) is 14.5 Å². The fourth-order valence-corrected chi connectivity index (χ4v) is 2.47. The highest BCUT2D eigenvalue weighted by Gasteiger charge is 2.10. The molecule has 0 saturated carbocycles. The number of hydrogen-bond acceptors (Lipinski definition) is 3. The van der Waals surface area contributed by atoms with Crippen LogP contribution in [-0.2, 0) is 6.54 Å². The molecule has 4 nitrogen and oxygen atoms in total. The molecular weight excluding hydrogens is 224 g/mol. The van der Waals surface area contributed by atoms with E-state index in [0.29, 0.717) is 0 Å². The zero-order chi connectivity index (χ0) is 12.6. The molecule has 1 fully saturated rings. The van der Waals surface area contributed by atoms with Crippen LogP contribution in [0.25, 0.3) is 0 Å². The highest BCUT2D eigenvalue weighted by Crippen LogP contribution is 2.10. The van der Waals surface area contributed by atoms with Crippen molar-refractivity contribution in [2.45, 2.75) is 45.6 Å². The number of anilines is 1. The predicted octanol–water partition coefficient (Wildman–Crippen LogP) is 2.58. The van der Waals surface area contributed by atoms with Crippen LogP contribution in [0.3, 0.4) is 0 Å². The number of hydrogen-bond donors (Lipinski definition) is 1. The van der Waals surface area contributed by atoms with E-state index in [-0.39, 0.29) is 0 Å². The van der Waals surface area contributed by atoms with Crippen LogP contribution in [0.5, 0.6) is 0 Å². The molecule has 0 spiro atoms. The maximum Gasteiger partial charge on any atom is 0.202 e. The van der Waals surface area contributed by atoms with E-state index in [4.69, 9.17) is 0 Å². The number of nitrogens with zero attached hydrogens (tertiary/aromatic N) is 3. The Kier molecular flexibility index (Phi) is 5.52. The number of likely N-dealkylation sites (tertiary alicyclic amines) is 1. The summed E-state index contributed by atoms with van der Waals surface area (Å²) in [6.07, 6.45) is 10.5. The molecule has 1 aromatic heterocycles. The van der Waals surface area contributed by atoms with Gasteiger partial charge in [0, 0.05) is 32.0 Å². The molecule has 2 rings (SSSR count). The van der Waals surface area contributed by atoms with Crippen LogP contribution in [0.4, 0.5) is 5.95 Å². The van der Waals surface area contributed by atoms with Crippen molar-refractivity contribution in [2.75, 3.05) is 31.5 Å². The van der Waals surface area contributed by atoms with E-state index in [1.807, 2.05) is 6.20 Å². The average Bonchev–Trinajstić information content (AvgIpc) is 2.86. The number of nitrogens with one attached hydrogen (secondary N) is 1. The molecule has 0 radical (unpaired) electrons. The highest BCUT2D eigenvalue weighted by atomic mass is 15.2. The molecule has 1 aliphatic heterocycles. The van der Waals surface area contributed by atoms with Gasteiger partial charge in [0.1, 0.15) is 0 Å². The second-order valence-electron chi connectivity index (χ2n) is 5.13. The minimum atomic E-state index is 1.03. The van der Waals surface area contributed by atoms with Crippen LogP contribution in [0, 0.1) is 0 Å². The summed E-state index contributed by atoms with van der Waals surface area (Å²) in [6, 6.07) is 0. The van der Waals surface area contributed by atoms with Gasteiger partial charge in [0.25, 0.3) is 0 Å². The lowest BCUT2D eigenvalue weighted by molar-refractivity contribution is 0.221. The highest BCUT2D eigenvalue weighted by molar-refractivity contribution is 5.25. The van der Waals surface area contributed by atoms with Crippen molar-refractivity contribution >= 4 is 5.95 Å². The van der Waals surface area contributed by atoms with Gasteiger partial charge in [-0.15, -0.1) is 0 Å². The van der Waals surface area contributed by atoms with E-state index in [2.05, 4.69) is 32.9 Å². The zero-order valence-corrected chi connectivity index (χ0v) is 11.6. The fourth-order valence-electron chi connectivity index (χ4n) is 2.47. The Morgan fingerprint density at radius 1 is 1.22 bits per heavy atom. The summed E-state index contributed by atoms with van der Waals surface area (Å²) in [7, 11) is 0. The average molecular weight is 250 g/mol. The van der Waals surface area contributed by atoms with Gasteiger partial charge in [-0.2, -0.15) is 0 Å². The quantitative estimate of drug-likeness (QED) is 0.755. The minimum absolute atomic E-state index is 1.03. The topological polar surface area (TPSA) is 33.1 Å². The molecule has 102 valence electrons. The molecule has 0 atom stereocenters. The molecule has 1 N–H and O–H groups in total. The molecule has 0 aliphatic carbocycles. The first kappa shape index (κ1) is 13.4. The second kappa shape index (κ2) is 7.41. The third kappa shape index (κ3) is 4.02. The van der Waals surface area contributed by atoms with E-state index < -0.39 is 0 Å². The predicted molar refractivity (Wildman–Crippen MR) is 75.9 cm³/mol. The Morgan fingerprint density at radius 3 is 2.83 bits per heavy atom. The number of aromatic nitrogens is 2. The fraction of sp³-hybridized carbons (Fsp3) is 0.786. The van der Waals surface area contributed by atoms with Crippen LogP contribution >= 0.6 is 0 Å². The number of unbranched alkanes of at least 4 members (excludes halogenated alkanes) is 1. The van der Waals surface area contributed by atoms with Crippen LogP contribution in [0.1, 0.15) is 39.0 Å². The van der Waals surface area contributed by atoms with Crippen molar-refractivity contribution in [3.8, 4) is 0 Å². The van der Waals surface area contributed by atoms with Crippen molar-refractivity contribution in [3.05, 3.63) is 12.4 Å². The first-order valence-electron chi connectivity index (χ1n) is 7.37. The van der Waals surface area contributed by atoms with Crippen molar-refractivity contribution in [2.24, 2.45) is 0 Å². The molecule has 0 unspecified atom stereocenters. The van der Waals surface area contributed by atoms with Gasteiger partial charge in [-0.1, -0.05) is 19.8 Å². The summed E-state index contributed by atoms with van der Waals surface area (Å²) in [5.41, 5.74) is 0. The summed E-state index contributed by atoms with van der Waals surface area (Å²) in [5, 5.41) is 3.42. The monoisotopic (exact) mass is 250 g/mol. The Balaban J connectivity index is 1.75. The lowest BCUT2D eigenvalue weighted by Crippen LogP contribution is -2.32. The van der Waals surface area contributed by atoms with Crippen molar-refractivity contribution < 1.29 is 0 Å². The van der Waals surface area contributed by atoms with E-state index in [9.17, 15) is 0 Å². The maximum atomic E-state index is 4.39. The third-order valence-corrected chi connectivity index (χ3v) is 3.63. The van der Waals surface area contributed by atoms with Gasteiger partial charge < -0.3 is 14.8 Å². The molecule has 0 bridgehead atoms. The van der Waals surface area contributed by atoms with E-state index in [1.54, 1.807) is 0 Å². The lowest BCUT2D eigenvalue weighted by Gasteiger charge is -2.26. The standard InChI is InChI=1S/C14H26N4/c1-2-3-7-15-14-16-8-11-18(14)13-12-17-9-5-4-6-10-17/h8,11H,2-7,9-10,12-13H2,1H3,(H,15,16). The van der Waals surface area contributed by atoms with Gasteiger partial charge >= 0.3 is 0 Å². The van der Waals surface area contributed by atoms with Gasteiger partial charge in [-0.3, -0.25) is 0 Å². The Hall–Kier alpha value is -1.03. The lowest BCUT2D eigenvalue weighted by atomic mass is 10.1. The molecule has 0 amide bonds. The molecule has 0 aromatic carbocycles. The Bertz CT molecular complexity index is 328. The zero-order valence-electron chi connectivity index (χ0n) is 11.6. The SMILES string of the molecule is CCCCNc1nccn1CCN1CCCCC1. The molecule has 1 aromatic rings. The van der Waals surface area contributed by atoms with Gasteiger partial charge in [-0.05, 0) is 32.4 Å². The summed E-state index contributed by atoms with van der Waals surface area (Å²) in [4.78, 5) is 6.95. The number of piperidine rings is 1. The van der Waals surface area contributed by atoms with Gasteiger partial charge in [-0.25, -0.2) is 4.98 Å². The molecular formula is C14H26N4. The van der Waals surface area contributed by atoms with Gasteiger partial charge in [0.05, 0.1) is 0 Å². The van der Waals surface area contributed by atoms with E-state index >= 15 is 0 Å². The summed E-state index contributed by atoms with van der Waals surface area (Å²) in [6.45, 7) is 7.98. The molecule has 4 heteroatoms. The Morgan fingerprint density at radius 2 is 2.06 bits per heavy atom. The van der Waals surface area contributed by atoms with Crippen LogP contribution in [0.2, 0.25) is 0 Å². The molecule has 18 heavy (non-hydrogen) atoms. The minimum Gasteiger partial charge on any atom is -0.356 e. The van der Waals surface area contributed by atoms with E-state index in [1.165, 1.54) is 45.2 Å². The van der Waals surface area contributed by atoms with Crippen LogP contribution in [0.15, 0.2) is 12.4 Å². The van der Waals surface area contributed by atoms with Crippen molar-refractivity contribution in [3.63, 3.8) is 0 Å². The Labute approximate surface area is 110 Å². The maximum absolute atomic E-state index is 4.39. The number of rotatable bonds is 7. The van der Waals surface area contributed by atoms with Crippen LogP contribution in [-0.4, -0.2) is 40.6 Å². The smallest absolute Gasteiger partial charge is 0.202 e. The van der Waals surface area contributed by atoms with Crippen LogP contribution < -0.4 is 5.32 Å². The van der Waals surface area contributed by atoms with Crippen molar-refractivity contribution in [1.29, 1.82) is 0 Å². The van der Waals surface area contributed by atoms with Gasteiger partial charge in [0.15, 0.2) is 0 Å². The normalized spacial score (nSPS) is 16.9. The summed E-state index contributed by atoms with van der Waals surface area (Å²) in [5.74, 6) is 1.03. The third-order valence-electron chi connectivity index (χ3n) is 3.63. The second-order valence-corrected chi connectivity index (χ2v) is 5.13. The molecule has 1 saturated heterocycles. The largest absolute Gasteiger partial charge is 0.356 e. The molecule has 2 heterocycles. The summed E-state index contributed by atoms with van der Waals surface area (Å²) >= 11 is 0.